The van der Waals surface area contributed by atoms with Crippen molar-refractivity contribution in [3.05, 3.63) is 170 Å². The van der Waals surface area contributed by atoms with Crippen molar-refractivity contribution in [2.45, 2.75) is 0 Å². The van der Waals surface area contributed by atoms with E-state index in [2.05, 4.69) is 0 Å². The van der Waals surface area contributed by atoms with Gasteiger partial charge in [-0.15, -0.1) is 0 Å². The number of rotatable bonds is 4. The predicted octanol–water partition coefficient (Wildman–Crippen LogP) is 11.2. The minimum Gasteiger partial charge on any atom is -0.309 e. The highest BCUT2D eigenvalue weighted by Crippen LogP contribution is 2.41. The fraction of sp³-hybridized carbons (Fsp3) is 0. The van der Waals surface area contributed by atoms with Crippen LogP contribution in [-0.2, 0) is 0 Å². The van der Waals surface area contributed by atoms with E-state index in [1.165, 1.54) is 4.57 Å². The zero-order valence-electron chi connectivity index (χ0n) is 36.1. The molecule has 0 aliphatic heterocycles. The zero-order valence-corrected chi connectivity index (χ0v) is 23.1. The van der Waals surface area contributed by atoms with Gasteiger partial charge < -0.3 is 9.13 Å². The molecule has 206 valence electrons. The van der Waals surface area contributed by atoms with Gasteiger partial charge in [0.25, 0.3) is 0 Å². The summed E-state index contributed by atoms with van der Waals surface area (Å²) in [5.74, 6) is 0. The minimum absolute atomic E-state index is 0.0139. The maximum Gasteiger partial charge on any atom is 0.0645 e. The summed E-state index contributed by atoms with van der Waals surface area (Å²) in [6.45, 7) is 0. The van der Waals surface area contributed by atoms with Crippen molar-refractivity contribution in [3.8, 4) is 33.6 Å². The van der Waals surface area contributed by atoms with E-state index in [1.54, 1.807) is 24.3 Å². The highest BCUT2D eigenvalue weighted by Gasteiger charge is 2.19. The van der Waals surface area contributed by atoms with Gasteiger partial charge in [-0.05, 0) is 70.7 Å². The molecule has 9 rings (SSSR count). The molecule has 2 nitrogen and oxygen atoms in total. The molecule has 7 aromatic carbocycles. The molecule has 0 bridgehead atoms. The Morgan fingerprint density at radius 3 is 1.80 bits per heavy atom. The first-order valence-electron chi connectivity index (χ1n) is 20.6. The fourth-order valence-electron chi connectivity index (χ4n) is 6.21. The fourth-order valence-corrected chi connectivity index (χ4v) is 6.21. The predicted molar refractivity (Wildman–Crippen MR) is 186 cm³/mol. The van der Waals surface area contributed by atoms with Gasteiger partial charge in [-0.2, -0.15) is 0 Å². The Morgan fingerprint density at radius 2 is 1.02 bits per heavy atom. The Morgan fingerprint density at radius 1 is 0.386 bits per heavy atom. The molecule has 0 amide bonds. The third-order valence-corrected chi connectivity index (χ3v) is 8.04. The maximum atomic E-state index is 9.02. The molecule has 0 unspecified atom stereocenters. The first kappa shape index (κ1) is 15.0. The summed E-state index contributed by atoms with van der Waals surface area (Å²) < 4.78 is 115. The Kier molecular flexibility index (Phi) is 3.37. The monoisotopic (exact) mass is 573 g/mol. The lowest BCUT2D eigenvalue weighted by Crippen LogP contribution is -1.96. The van der Waals surface area contributed by atoms with Crippen LogP contribution in [-0.4, -0.2) is 9.13 Å². The number of para-hydroxylation sites is 2. The second-order valence-electron chi connectivity index (χ2n) is 10.4. The van der Waals surface area contributed by atoms with Gasteiger partial charge in [-0.3, -0.25) is 0 Å². The lowest BCUT2D eigenvalue weighted by atomic mass is 9.99. The number of hydrogen-bond donors (Lipinski definition) is 0. The molecular formula is C42H28N2. The summed E-state index contributed by atoms with van der Waals surface area (Å²) in [5.41, 5.74) is 4.82. The molecule has 44 heavy (non-hydrogen) atoms. The lowest BCUT2D eigenvalue weighted by Gasteiger charge is -2.11. The molecule has 0 saturated heterocycles. The number of nitrogens with zero attached hydrogens (tertiary/aromatic N) is 2. The zero-order chi connectivity index (χ0) is 40.3. The first-order valence-corrected chi connectivity index (χ1v) is 14.1. The Balaban J connectivity index is 1.41. The van der Waals surface area contributed by atoms with Crippen LogP contribution >= 0.6 is 0 Å². The van der Waals surface area contributed by atoms with E-state index in [1.807, 2.05) is 71.3 Å². The Bertz CT molecular complexity index is 3120. The molecule has 0 atom stereocenters. The van der Waals surface area contributed by atoms with E-state index < -0.39 is 66.5 Å². The highest BCUT2D eigenvalue weighted by atomic mass is 15.0. The smallest absolute Gasteiger partial charge is 0.0645 e. The van der Waals surface area contributed by atoms with Crippen LogP contribution < -0.4 is 0 Å². The normalized spacial score (nSPS) is 15.8. The molecular weight excluding hydrogens is 532 g/mol. The molecule has 9 aromatic rings. The quantitative estimate of drug-likeness (QED) is 0.198. The van der Waals surface area contributed by atoms with Gasteiger partial charge in [0, 0.05) is 32.9 Å². The highest BCUT2D eigenvalue weighted by molar-refractivity contribution is 6.17. The Hall–Kier alpha value is -5.86. The third kappa shape index (κ3) is 3.75. The molecule has 0 fully saturated rings. The van der Waals surface area contributed by atoms with Crippen molar-refractivity contribution in [2.24, 2.45) is 0 Å². The summed E-state index contributed by atoms with van der Waals surface area (Å²) in [6.07, 6.45) is 0. The van der Waals surface area contributed by atoms with E-state index in [-0.39, 0.29) is 39.5 Å². The van der Waals surface area contributed by atoms with Crippen molar-refractivity contribution in [1.29, 1.82) is 0 Å². The number of hydrogen-bond acceptors (Lipinski definition) is 0. The van der Waals surface area contributed by atoms with Crippen molar-refractivity contribution >= 4 is 43.6 Å². The summed E-state index contributed by atoms with van der Waals surface area (Å²) in [5, 5.41) is 1.50. The molecule has 0 aliphatic rings. The van der Waals surface area contributed by atoms with Gasteiger partial charge in [0.1, 0.15) is 0 Å². The molecule has 2 aromatic heterocycles. The van der Waals surface area contributed by atoms with Crippen LogP contribution in [0.5, 0.6) is 0 Å². The summed E-state index contributed by atoms with van der Waals surface area (Å²) in [7, 11) is 0. The van der Waals surface area contributed by atoms with E-state index in [4.69, 9.17) is 17.8 Å². The van der Waals surface area contributed by atoms with Gasteiger partial charge in [-0.1, -0.05) is 121 Å². The van der Waals surface area contributed by atoms with Gasteiger partial charge >= 0.3 is 0 Å². The maximum absolute atomic E-state index is 9.02. The van der Waals surface area contributed by atoms with Crippen molar-refractivity contribution in [1.82, 2.24) is 9.13 Å². The van der Waals surface area contributed by atoms with Crippen molar-refractivity contribution in [3.63, 3.8) is 0 Å². The Labute approximate surface area is 273 Å². The summed E-state index contributed by atoms with van der Waals surface area (Å²) >= 11 is 0. The molecule has 0 spiro atoms. The molecule has 2 heterocycles. The van der Waals surface area contributed by atoms with Crippen molar-refractivity contribution < 1.29 is 17.8 Å². The number of fused-ring (bicyclic) bond motifs is 6. The van der Waals surface area contributed by atoms with Crippen molar-refractivity contribution in [2.75, 3.05) is 0 Å². The number of benzene rings is 7. The van der Waals surface area contributed by atoms with Crippen LogP contribution in [0.2, 0.25) is 0 Å². The van der Waals surface area contributed by atoms with Crippen LogP contribution in [0.3, 0.4) is 0 Å². The van der Waals surface area contributed by atoms with Crippen LogP contribution in [0.15, 0.2) is 170 Å². The first-order chi connectivity index (χ1) is 27.2. The lowest BCUT2D eigenvalue weighted by molar-refractivity contribution is 1.17. The van der Waals surface area contributed by atoms with Crippen LogP contribution in [0.25, 0.3) is 77.2 Å². The topological polar surface area (TPSA) is 9.86 Å². The van der Waals surface area contributed by atoms with Crippen LogP contribution in [0.1, 0.15) is 17.8 Å². The molecule has 0 N–H and O–H groups in total. The minimum atomic E-state index is -0.518. The molecule has 2 heteroatoms. The average Bonchev–Trinajstić information content (AvgIpc) is 3.76. The second-order valence-corrected chi connectivity index (χ2v) is 10.4. The SMILES string of the molecule is [2H]c1c([2H])c([2H])c(-c2cccc(-n3c4ccc(-n5c6c([2H])c([2H])c([2H])c([2H])c6c6c([2H])c([2H])c([2H])c([2H])c65)cc4c4c(-c5ccccc5)cccc43)c2)c([2H])c1[2H]. The van der Waals surface area contributed by atoms with Crippen LogP contribution in [0, 0.1) is 0 Å². The van der Waals surface area contributed by atoms with E-state index >= 15 is 0 Å². The molecule has 0 radical (unpaired) electrons. The average molecular weight is 574 g/mol. The standard InChI is InChI=1S/C42H28N2/c1-3-13-29(14-4-1)31-17-11-18-32(27-31)44-40-26-25-33(43-38-22-9-7-19-35(38)36-20-8-10-23-39(36)43)28-37(40)42-34(21-12-24-41(42)44)30-15-5-2-6-16-30/h1-28H/i1D,3D,4D,7D,8D,9D,10D,13D,14D,19D,20D,22D,23D. The van der Waals surface area contributed by atoms with Gasteiger partial charge in [0.15, 0.2) is 0 Å². The van der Waals surface area contributed by atoms with Gasteiger partial charge in [0.05, 0.1) is 39.9 Å². The van der Waals surface area contributed by atoms with E-state index in [0.29, 0.717) is 27.8 Å². The largest absolute Gasteiger partial charge is 0.309 e. The van der Waals surface area contributed by atoms with E-state index in [9.17, 15) is 0 Å². The summed E-state index contributed by atoms with van der Waals surface area (Å²) in [6, 6.07) is 22.5. The van der Waals surface area contributed by atoms with Crippen LogP contribution in [0.4, 0.5) is 0 Å². The second kappa shape index (κ2) is 9.86. The third-order valence-electron chi connectivity index (χ3n) is 8.04. The van der Waals surface area contributed by atoms with Gasteiger partial charge in [0.2, 0.25) is 0 Å². The van der Waals surface area contributed by atoms with E-state index in [0.717, 1.165) is 22.0 Å². The molecule has 0 saturated carbocycles. The summed E-state index contributed by atoms with van der Waals surface area (Å²) in [4.78, 5) is 0. The number of aromatic nitrogens is 2. The molecule has 0 aliphatic carbocycles. The van der Waals surface area contributed by atoms with Gasteiger partial charge in [-0.25, -0.2) is 0 Å².